The number of imide groups is 1. The molecule has 4 atom stereocenters. The summed E-state index contributed by atoms with van der Waals surface area (Å²) in [6.07, 6.45) is 1.21. The predicted octanol–water partition coefficient (Wildman–Crippen LogP) is 1.15. The fourth-order valence-corrected chi connectivity index (χ4v) is 3.72. The van der Waals surface area contributed by atoms with E-state index in [1.807, 2.05) is 0 Å². The summed E-state index contributed by atoms with van der Waals surface area (Å²) in [5.41, 5.74) is 2.74. The van der Waals surface area contributed by atoms with Crippen LogP contribution in [0.2, 0.25) is 5.02 Å². The third-order valence-corrected chi connectivity index (χ3v) is 4.86. The molecule has 0 saturated carbocycles. The number of nitrogens with zero attached hydrogens (tertiary/aromatic N) is 1. The van der Waals surface area contributed by atoms with Crippen LogP contribution in [0, 0.1) is 11.8 Å². The minimum atomic E-state index is -0.508. The van der Waals surface area contributed by atoms with Crippen molar-refractivity contribution in [2.45, 2.75) is 25.0 Å². The van der Waals surface area contributed by atoms with Gasteiger partial charge in [-0.2, -0.15) is 5.01 Å². The minimum absolute atomic E-state index is 0.191. The number of amides is 3. The zero-order chi connectivity index (χ0) is 15.4. The Morgan fingerprint density at radius 2 is 1.64 bits per heavy atom. The molecule has 0 aliphatic carbocycles. The highest BCUT2D eigenvalue weighted by molar-refractivity contribution is 6.30. The number of nitrogens with one attached hydrogen (secondary N) is 1. The van der Waals surface area contributed by atoms with Crippen LogP contribution >= 0.6 is 11.6 Å². The van der Waals surface area contributed by atoms with Gasteiger partial charge in [-0.05, 0) is 37.1 Å². The average molecular weight is 321 g/mol. The highest BCUT2D eigenvalue weighted by Crippen LogP contribution is 2.48. The second-order valence-corrected chi connectivity index (χ2v) is 6.24. The second-order valence-electron chi connectivity index (χ2n) is 5.80. The lowest BCUT2D eigenvalue weighted by Crippen LogP contribution is -2.47. The van der Waals surface area contributed by atoms with Crippen LogP contribution in [0.1, 0.15) is 23.2 Å². The number of carbonyl (C=O) groups is 3. The van der Waals surface area contributed by atoms with Crippen LogP contribution in [0.25, 0.3) is 0 Å². The first kappa shape index (κ1) is 13.7. The van der Waals surface area contributed by atoms with Crippen molar-refractivity contribution in [3.8, 4) is 0 Å². The zero-order valence-corrected chi connectivity index (χ0v) is 12.2. The van der Waals surface area contributed by atoms with E-state index in [1.54, 1.807) is 12.1 Å². The summed E-state index contributed by atoms with van der Waals surface area (Å²) in [6, 6.07) is 6.23. The number of hydrogen-bond donors (Lipinski definition) is 1. The lowest BCUT2D eigenvalue weighted by Gasteiger charge is -2.18. The Labute approximate surface area is 131 Å². The summed E-state index contributed by atoms with van der Waals surface area (Å²) < 4.78 is 5.64. The number of hydrogen-bond acceptors (Lipinski definition) is 4. The summed E-state index contributed by atoms with van der Waals surface area (Å²) in [4.78, 5) is 37.0. The van der Waals surface area contributed by atoms with Crippen LogP contribution < -0.4 is 5.43 Å². The summed E-state index contributed by atoms with van der Waals surface area (Å²) in [5.74, 6) is -2.14. The molecule has 3 aliphatic heterocycles. The molecule has 1 aromatic rings. The molecule has 114 valence electrons. The Morgan fingerprint density at radius 1 is 1.09 bits per heavy atom. The van der Waals surface area contributed by atoms with Crippen molar-refractivity contribution < 1.29 is 19.1 Å². The summed E-state index contributed by atoms with van der Waals surface area (Å²) in [6.45, 7) is 0. The molecule has 3 fully saturated rings. The van der Waals surface area contributed by atoms with Gasteiger partial charge in [0.1, 0.15) is 0 Å². The van der Waals surface area contributed by atoms with E-state index in [4.69, 9.17) is 16.3 Å². The van der Waals surface area contributed by atoms with Crippen molar-refractivity contribution in [3.05, 3.63) is 34.9 Å². The molecule has 0 radical (unpaired) electrons. The molecule has 4 rings (SSSR count). The van der Waals surface area contributed by atoms with E-state index < -0.39 is 17.7 Å². The van der Waals surface area contributed by atoms with Gasteiger partial charge < -0.3 is 4.74 Å². The van der Waals surface area contributed by atoms with E-state index in [0.717, 1.165) is 17.9 Å². The maximum atomic E-state index is 12.4. The molecule has 0 unspecified atom stereocenters. The van der Waals surface area contributed by atoms with Crippen LogP contribution in [-0.4, -0.2) is 34.9 Å². The fourth-order valence-electron chi connectivity index (χ4n) is 3.59. The first-order valence-electron chi connectivity index (χ1n) is 7.16. The third kappa shape index (κ3) is 1.87. The highest BCUT2D eigenvalue weighted by Gasteiger charge is 2.62. The van der Waals surface area contributed by atoms with Gasteiger partial charge in [-0.1, -0.05) is 11.6 Å². The van der Waals surface area contributed by atoms with Crippen LogP contribution in [0.15, 0.2) is 24.3 Å². The van der Waals surface area contributed by atoms with Gasteiger partial charge in [0.25, 0.3) is 17.7 Å². The van der Waals surface area contributed by atoms with Gasteiger partial charge in [-0.25, -0.2) is 0 Å². The molecule has 6 nitrogen and oxygen atoms in total. The van der Waals surface area contributed by atoms with E-state index in [-0.39, 0.29) is 24.0 Å². The minimum Gasteiger partial charge on any atom is -0.373 e. The molecule has 3 saturated heterocycles. The Kier molecular flexibility index (Phi) is 2.99. The van der Waals surface area contributed by atoms with E-state index in [9.17, 15) is 14.4 Å². The quantitative estimate of drug-likeness (QED) is 0.829. The molecule has 0 spiro atoms. The van der Waals surface area contributed by atoms with Gasteiger partial charge in [0.15, 0.2) is 0 Å². The maximum Gasteiger partial charge on any atom is 0.270 e. The van der Waals surface area contributed by atoms with Gasteiger partial charge in [0, 0.05) is 10.6 Å². The molecule has 3 amide bonds. The van der Waals surface area contributed by atoms with Crippen molar-refractivity contribution in [3.63, 3.8) is 0 Å². The Morgan fingerprint density at radius 3 is 2.18 bits per heavy atom. The van der Waals surface area contributed by atoms with Crippen molar-refractivity contribution in [2.24, 2.45) is 11.8 Å². The molecule has 3 aliphatic rings. The number of fused-ring (bicyclic) bond motifs is 5. The van der Waals surface area contributed by atoms with Crippen LogP contribution in [-0.2, 0) is 14.3 Å². The van der Waals surface area contributed by atoms with Crippen molar-refractivity contribution in [1.82, 2.24) is 10.4 Å². The number of benzene rings is 1. The standard InChI is InChI=1S/C15H13ClN2O4/c16-8-3-1-7(2-4-8)13(19)17-18-14(20)11-9-5-6-10(22-9)12(11)15(18)21/h1-4,9-12H,5-6H2,(H,17,19)/t9-,10+,11+,12-. The lowest BCUT2D eigenvalue weighted by atomic mass is 9.81. The second kappa shape index (κ2) is 4.79. The number of halogens is 1. The normalized spacial score (nSPS) is 32.5. The molecule has 0 aromatic heterocycles. The largest absolute Gasteiger partial charge is 0.373 e. The van der Waals surface area contributed by atoms with Crippen molar-refractivity contribution in [1.29, 1.82) is 0 Å². The van der Waals surface area contributed by atoms with E-state index in [2.05, 4.69) is 5.43 Å². The van der Waals surface area contributed by atoms with Gasteiger partial charge >= 0.3 is 0 Å². The number of rotatable bonds is 2. The predicted molar refractivity (Wildman–Crippen MR) is 75.6 cm³/mol. The van der Waals surface area contributed by atoms with Crippen molar-refractivity contribution in [2.75, 3.05) is 0 Å². The monoisotopic (exact) mass is 320 g/mol. The smallest absolute Gasteiger partial charge is 0.270 e. The summed E-state index contributed by atoms with van der Waals surface area (Å²) in [5, 5.41) is 1.37. The van der Waals surface area contributed by atoms with Gasteiger partial charge in [-0.3, -0.25) is 19.8 Å². The molecule has 22 heavy (non-hydrogen) atoms. The number of ether oxygens (including phenoxy) is 1. The first-order chi connectivity index (χ1) is 10.6. The lowest BCUT2D eigenvalue weighted by molar-refractivity contribution is -0.145. The highest BCUT2D eigenvalue weighted by atomic mass is 35.5. The molecule has 1 aromatic carbocycles. The summed E-state index contributed by atoms with van der Waals surface area (Å²) >= 11 is 5.77. The first-order valence-corrected chi connectivity index (χ1v) is 7.54. The maximum absolute atomic E-state index is 12.4. The molecule has 2 bridgehead atoms. The number of hydrazine groups is 1. The van der Waals surface area contributed by atoms with Crippen molar-refractivity contribution >= 4 is 29.3 Å². The Balaban J connectivity index is 1.54. The molecular formula is C15H13ClN2O4. The SMILES string of the molecule is O=C(NN1C(=O)[C@@H]2[C@H](C1=O)[C@@H]1CC[C@H]2O1)c1ccc(Cl)cc1. The van der Waals surface area contributed by atoms with Gasteiger partial charge in [-0.15, -0.1) is 0 Å². The van der Waals surface area contributed by atoms with Gasteiger partial charge in [0.05, 0.1) is 24.0 Å². The van der Waals surface area contributed by atoms with Crippen LogP contribution in [0.5, 0.6) is 0 Å². The van der Waals surface area contributed by atoms with E-state index >= 15 is 0 Å². The Hall–Kier alpha value is -1.92. The average Bonchev–Trinajstić information content (AvgIpc) is 3.17. The van der Waals surface area contributed by atoms with Crippen LogP contribution in [0.3, 0.4) is 0 Å². The fraction of sp³-hybridized carbons (Fsp3) is 0.400. The molecule has 1 N–H and O–H groups in total. The summed E-state index contributed by atoms with van der Waals surface area (Å²) in [7, 11) is 0. The van der Waals surface area contributed by atoms with E-state index in [0.29, 0.717) is 10.6 Å². The molecule has 7 heteroatoms. The van der Waals surface area contributed by atoms with Gasteiger partial charge in [0.2, 0.25) is 0 Å². The third-order valence-electron chi connectivity index (χ3n) is 4.60. The van der Waals surface area contributed by atoms with E-state index in [1.165, 1.54) is 12.1 Å². The zero-order valence-electron chi connectivity index (χ0n) is 11.5. The molecule has 3 heterocycles. The Bertz CT molecular complexity index is 647. The number of carbonyl (C=O) groups excluding carboxylic acids is 3. The van der Waals surface area contributed by atoms with Crippen LogP contribution in [0.4, 0.5) is 0 Å². The topological polar surface area (TPSA) is 75.7 Å². The molecular weight excluding hydrogens is 308 g/mol.